The largest absolute Gasteiger partial charge is 0.456 e. The topological polar surface area (TPSA) is 138 Å². The van der Waals surface area contributed by atoms with Crippen molar-refractivity contribution >= 4 is 17.7 Å². The SMILES string of the molecule is CC[C@@H]1/C=C(\C)C[C@H](C)C[C@H](C)[C@H]2O[C@@H](C[C@H](C)C[C@@H]2OC)C(=O)C(=O)N2CCCC[C@H]2C(=O)O[C@H](/C(C)=C/[C@@H]2CC[C@@H](O)[C@H](OC)C2)[C@H](C)c2cc1no2. The van der Waals surface area contributed by atoms with Crippen LogP contribution in [0.5, 0.6) is 0 Å². The first kappa shape index (κ1) is 43.3. The number of ether oxygens (including phenoxy) is 4. The number of allylic oxidation sites excluding steroid dienone is 3. The number of ketones is 1. The molecule has 2 saturated heterocycles. The molecule has 11 nitrogen and oxygen atoms in total. The van der Waals surface area contributed by atoms with Gasteiger partial charge in [0.25, 0.3) is 5.91 Å². The Bertz CT molecular complexity index is 1520. The van der Waals surface area contributed by atoms with Crippen molar-refractivity contribution in [2.24, 2.45) is 23.7 Å². The Morgan fingerprint density at radius 3 is 2.44 bits per heavy atom. The van der Waals surface area contributed by atoms with E-state index in [4.69, 9.17) is 23.5 Å². The first-order valence-electron chi connectivity index (χ1n) is 21.0. The lowest BCUT2D eigenvalue weighted by atomic mass is 9.82. The van der Waals surface area contributed by atoms with Crippen molar-refractivity contribution in [2.45, 2.75) is 174 Å². The molecule has 4 heterocycles. The van der Waals surface area contributed by atoms with Gasteiger partial charge in [0.1, 0.15) is 24.0 Å². The van der Waals surface area contributed by atoms with E-state index in [2.05, 4.69) is 51.9 Å². The normalized spacial score (nSPS) is 38.9. The quantitative estimate of drug-likeness (QED) is 0.183. The van der Waals surface area contributed by atoms with Crippen molar-refractivity contribution in [1.82, 2.24) is 10.1 Å². The number of rotatable bonds is 5. The Balaban J connectivity index is 1.54. The third kappa shape index (κ3) is 10.6. The summed E-state index contributed by atoms with van der Waals surface area (Å²) in [5.74, 6) is -0.930. The van der Waals surface area contributed by atoms with Gasteiger partial charge in [0.15, 0.2) is 0 Å². The molecular weight excluding hydrogens is 700 g/mol. The van der Waals surface area contributed by atoms with Crippen molar-refractivity contribution in [3.63, 3.8) is 0 Å². The maximum Gasteiger partial charge on any atom is 0.329 e. The van der Waals surface area contributed by atoms with Gasteiger partial charge in [-0.15, -0.1) is 0 Å². The van der Waals surface area contributed by atoms with Crippen LogP contribution in [0.3, 0.4) is 0 Å². The third-order valence-electron chi connectivity index (χ3n) is 12.8. The predicted molar refractivity (Wildman–Crippen MR) is 209 cm³/mol. The molecule has 308 valence electrons. The van der Waals surface area contributed by atoms with E-state index in [-0.39, 0.29) is 42.0 Å². The lowest BCUT2D eigenvalue weighted by Crippen LogP contribution is -2.54. The molecule has 1 amide bonds. The number of fused-ring (bicyclic) bond motifs is 5. The van der Waals surface area contributed by atoms with Crippen molar-refractivity contribution in [3.05, 3.63) is 40.8 Å². The summed E-state index contributed by atoms with van der Waals surface area (Å²) in [7, 11) is 3.32. The number of aliphatic hydroxyl groups is 1. The number of aromatic nitrogens is 1. The van der Waals surface area contributed by atoms with Gasteiger partial charge in [-0.25, -0.2) is 4.79 Å². The van der Waals surface area contributed by atoms with Crippen LogP contribution in [0.25, 0.3) is 0 Å². The molecule has 1 aromatic heterocycles. The predicted octanol–water partition coefficient (Wildman–Crippen LogP) is 7.47. The van der Waals surface area contributed by atoms with Crippen LogP contribution >= 0.6 is 0 Å². The number of carbonyl (C=O) groups is 3. The fourth-order valence-corrected chi connectivity index (χ4v) is 9.80. The van der Waals surface area contributed by atoms with Crippen LogP contribution in [0.2, 0.25) is 0 Å². The molecule has 1 N–H and O–H groups in total. The summed E-state index contributed by atoms with van der Waals surface area (Å²) in [4.78, 5) is 44.3. The zero-order valence-electron chi connectivity index (χ0n) is 34.8. The molecule has 0 aromatic carbocycles. The second kappa shape index (κ2) is 19.5. The molecule has 0 unspecified atom stereocenters. The number of methoxy groups -OCH3 is 2. The number of esters is 1. The van der Waals surface area contributed by atoms with E-state index < -0.39 is 47.9 Å². The minimum absolute atomic E-state index is 0.0545. The maximum absolute atomic E-state index is 14.4. The van der Waals surface area contributed by atoms with Crippen LogP contribution in [0, 0.1) is 23.7 Å². The number of amides is 1. The van der Waals surface area contributed by atoms with Gasteiger partial charge in [-0.3, -0.25) is 9.59 Å². The lowest BCUT2D eigenvalue weighted by Gasteiger charge is -2.36. The lowest BCUT2D eigenvalue weighted by molar-refractivity contribution is -0.167. The zero-order chi connectivity index (χ0) is 40.0. The second-order valence-corrected chi connectivity index (χ2v) is 17.5. The van der Waals surface area contributed by atoms with Gasteiger partial charge in [-0.2, -0.15) is 0 Å². The molecular formula is C44H68N2O9. The van der Waals surface area contributed by atoms with E-state index in [1.807, 2.05) is 19.9 Å². The summed E-state index contributed by atoms with van der Waals surface area (Å²) in [5, 5.41) is 15.0. The second-order valence-electron chi connectivity index (χ2n) is 17.5. The van der Waals surface area contributed by atoms with Gasteiger partial charge >= 0.3 is 5.97 Å². The van der Waals surface area contributed by atoms with Crippen molar-refractivity contribution in [2.75, 3.05) is 20.8 Å². The van der Waals surface area contributed by atoms with E-state index in [1.165, 1.54) is 10.5 Å². The molecule has 5 rings (SSSR count). The number of Topliss-reactive ketones (excluding diaryl/α,β-unsaturated/α-hetero) is 1. The van der Waals surface area contributed by atoms with Gasteiger partial charge in [-0.1, -0.05) is 57.5 Å². The van der Waals surface area contributed by atoms with E-state index in [0.29, 0.717) is 50.3 Å². The fraction of sp³-hybridized carbons (Fsp3) is 0.773. The standard InChI is InChI=1S/C44H68N2O9/c1-10-32-19-26(3)17-25(2)18-28(5)42-39(52-9)21-27(4)20-38(53-42)40(48)43(49)46-16-12-11-13-34(46)44(50)54-41(30(7)36-24-33(32)45-55-36)29(6)22-31-14-15-35(47)37(23-31)51-8/h19,22,24-25,27-28,30-32,34-35,37-39,41-42,47H,10-18,20-21,23H2,1-9H3/b26-19+,29-22+/t25-,27-,28-,30+,31-,32+,34-,35+,37+,38-,39-,41+,42+/m0/s1. The van der Waals surface area contributed by atoms with Crippen molar-refractivity contribution in [3.8, 4) is 0 Å². The summed E-state index contributed by atoms with van der Waals surface area (Å²) in [5.41, 5.74) is 2.95. The van der Waals surface area contributed by atoms with Crippen LogP contribution in [-0.4, -0.2) is 96.3 Å². The van der Waals surface area contributed by atoms with E-state index in [1.54, 1.807) is 14.2 Å². The van der Waals surface area contributed by atoms with Crippen LogP contribution in [0.4, 0.5) is 0 Å². The smallest absolute Gasteiger partial charge is 0.329 e. The first-order valence-corrected chi connectivity index (χ1v) is 21.0. The fourth-order valence-electron chi connectivity index (χ4n) is 9.80. The Kier molecular flexibility index (Phi) is 15.4. The minimum atomic E-state index is -0.923. The van der Waals surface area contributed by atoms with Gasteiger partial charge in [0.2, 0.25) is 5.78 Å². The summed E-state index contributed by atoms with van der Waals surface area (Å²) < 4.78 is 30.7. The van der Waals surface area contributed by atoms with Crippen molar-refractivity contribution in [1.29, 1.82) is 0 Å². The molecule has 1 aromatic rings. The molecule has 0 radical (unpaired) electrons. The van der Waals surface area contributed by atoms with E-state index in [0.717, 1.165) is 49.8 Å². The molecule has 4 aliphatic rings. The van der Waals surface area contributed by atoms with E-state index in [9.17, 15) is 19.5 Å². The number of hydrogen-bond donors (Lipinski definition) is 1. The molecule has 11 heteroatoms. The number of aliphatic hydroxyl groups excluding tert-OH is 1. The number of piperidine rings is 1. The number of cyclic esters (lactones) is 1. The average Bonchev–Trinajstić information content (AvgIpc) is 3.59. The van der Waals surface area contributed by atoms with Crippen LogP contribution in [-0.2, 0) is 33.3 Å². The molecule has 3 fully saturated rings. The van der Waals surface area contributed by atoms with Gasteiger partial charge in [0, 0.05) is 32.7 Å². The minimum Gasteiger partial charge on any atom is -0.456 e. The number of carbonyl (C=O) groups excluding carboxylic acids is 3. The molecule has 13 atom stereocenters. The van der Waals surface area contributed by atoms with E-state index >= 15 is 0 Å². The Hall–Kier alpha value is -2.86. The molecule has 3 aliphatic heterocycles. The summed E-state index contributed by atoms with van der Waals surface area (Å²) >= 11 is 0. The number of hydrogen-bond acceptors (Lipinski definition) is 10. The number of nitrogens with zero attached hydrogens (tertiary/aromatic N) is 2. The molecule has 1 saturated carbocycles. The Labute approximate surface area is 328 Å². The highest BCUT2D eigenvalue weighted by Gasteiger charge is 2.44. The molecule has 0 spiro atoms. The highest BCUT2D eigenvalue weighted by Crippen LogP contribution is 2.37. The Morgan fingerprint density at radius 1 is 0.982 bits per heavy atom. The van der Waals surface area contributed by atoms with Gasteiger partial charge < -0.3 is 33.5 Å². The zero-order valence-corrected chi connectivity index (χ0v) is 34.8. The third-order valence-corrected chi connectivity index (χ3v) is 12.8. The summed E-state index contributed by atoms with van der Waals surface area (Å²) in [6.07, 6.45) is 9.05. The highest BCUT2D eigenvalue weighted by atomic mass is 16.6. The highest BCUT2D eigenvalue weighted by molar-refractivity contribution is 6.38. The van der Waals surface area contributed by atoms with Crippen LogP contribution in [0.15, 0.2) is 33.9 Å². The summed E-state index contributed by atoms with van der Waals surface area (Å²) in [6.45, 7) is 15.0. The molecule has 1 aliphatic carbocycles. The Morgan fingerprint density at radius 2 is 1.73 bits per heavy atom. The van der Waals surface area contributed by atoms with Crippen LogP contribution in [0.1, 0.15) is 142 Å². The molecule has 4 bridgehead atoms. The van der Waals surface area contributed by atoms with Gasteiger partial charge in [-0.05, 0) is 114 Å². The van der Waals surface area contributed by atoms with Gasteiger partial charge in [0.05, 0.1) is 36.0 Å². The van der Waals surface area contributed by atoms with Crippen molar-refractivity contribution < 1.29 is 43.0 Å². The average molecular weight is 769 g/mol. The monoisotopic (exact) mass is 768 g/mol. The first-order chi connectivity index (χ1) is 26.2. The van der Waals surface area contributed by atoms with Crippen LogP contribution < -0.4 is 0 Å². The summed E-state index contributed by atoms with van der Waals surface area (Å²) in [6, 6.07) is 1.09. The maximum atomic E-state index is 14.4. The molecule has 55 heavy (non-hydrogen) atoms.